The molecule has 0 atom stereocenters. The number of hydrogen-bond acceptors (Lipinski definition) is 7. The van der Waals surface area contributed by atoms with Crippen molar-refractivity contribution >= 4 is 29.2 Å². The summed E-state index contributed by atoms with van der Waals surface area (Å²) in [5, 5.41) is 5.66. The lowest BCUT2D eigenvalue weighted by Gasteiger charge is -2.36. The van der Waals surface area contributed by atoms with Crippen LogP contribution in [0.4, 0.5) is 36.4 Å². The molecular weight excluding hydrogens is 435 g/mol. The molecule has 0 spiro atoms. The zero-order chi connectivity index (χ0) is 23.4. The smallest absolute Gasteiger partial charge is 0.368 e. The molecule has 1 aliphatic rings. The van der Waals surface area contributed by atoms with E-state index in [2.05, 4.69) is 25.6 Å². The topological polar surface area (TPSA) is 86.3 Å². The van der Waals surface area contributed by atoms with Crippen LogP contribution in [-0.2, 0) is 6.18 Å². The number of alkyl halides is 3. The molecule has 1 saturated heterocycles. The van der Waals surface area contributed by atoms with Crippen molar-refractivity contribution < 1.29 is 18.0 Å². The Morgan fingerprint density at radius 2 is 1.67 bits per heavy atom. The summed E-state index contributed by atoms with van der Waals surface area (Å²) in [7, 11) is 1.57. The van der Waals surface area contributed by atoms with E-state index in [1.165, 1.54) is 18.5 Å². The molecule has 0 radical (unpaired) electrons. The lowest BCUT2D eigenvalue weighted by Crippen LogP contribution is -2.47. The molecule has 1 fully saturated rings. The number of carbonyl (C=O) groups excluding carboxylic acids is 1. The summed E-state index contributed by atoms with van der Waals surface area (Å²) in [6.45, 7) is 2.45. The zero-order valence-corrected chi connectivity index (χ0v) is 17.8. The Hall–Kier alpha value is -3.89. The van der Waals surface area contributed by atoms with Gasteiger partial charge in [-0.2, -0.15) is 18.2 Å². The summed E-state index contributed by atoms with van der Waals surface area (Å²) < 4.78 is 38.3. The number of nitrogens with zero attached hydrogens (tertiary/aromatic N) is 5. The van der Waals surface area contributed by atoms with Gasteiger partial charge in [0.2, 0.25) is 11.9 Å². The number of halogens is 3. The van der Waals surface area contributed by atoms with E-state index in [9.17, 15) is 18.0 Å². The van der Waals surface area contributed by atoms with Crippen molar-refractivity contribution in [2.45, 2.75) is 6.18 Å². The van der Waals surface area contributed by atoms with E-state index in [-0.39, 0.29) is 5.91 Å². The van der Waals surface area contributed by atoms with Crippen LogP contribution in [0.1, 0.15) is 15.9 Å². The normalized spacial score (nSPS) is 14.2. The van der Waals surface area contributed by atoms with E-state index in [4.69, 9.17) is 0 Å². The maximum Gasteiger partial charge on any atom is 0.416 e. The first-order valence-electron chi connectivity index (χ1n) is 10.3. The monoisotopic (exact) mass is 457 g/mol. The molecule has 0 bridgehead atoms. The molecule has 2 N–H and O–H groups in total. The molecule has 33 heavy (non-hydrogen) atoms. The number of amides is 1. The molecule has 11 heteroatoms. The number of carbonyl (C=O) groups is 1. The predicted octanol–water partition coefficient (Wildman–Crippen LogP) is 3.32. The fraction of sp³-hybridized carbons (Fsp3) is 0.273. The Morgan fingerprint density at radius 3 is 2.33 bits per heavy atom. The summed E-state index contributed by atoms with van der Waals surface area (Å²) in [6.07, 6.45) is -2.93. The van der Waals surface area contributed by atoms with Crippen LogP contribution in [0.25, 0.3) is 0 Å². The Labute approximate surface area is 188 Å². The van der Waals surface area contributed by atoms with Crippen LogP contribution in [-0.4, -0.2) is 54.1 Å². The SMILES string of the molecule is CNC(=O)c1cccc(Nc2ncnc(N3CCN(c4ccc(C(F)(F)F)cc4)CC3)n2)c1. The van der Waals surface area contributed by atoms with E-state index >= 15 is 0 Å². The highest BCUT2D eigenvalue weighted by atomic mass is 19.4. The van der Waals surface area contributed by atoms with Gasteiger partial charge in [0.1, 0.15) is 6.33 Å². The van der Waals surface area contributed by atoms with Gasteiger partial charge in [-0.05, 0) is 42.5 Å². The van der Waals surface area contributed by atoms with Gasteiger partial charge in [-0.1, -0.05) is 6.07 Å². The first-order chi connectivity index (χ1) is 15.8. The lowest BCUT2D eigenvalue weighted by atomic mass is 10.1. The lowest BCUT2D eigenvalue weighted by molar-refractivity contribution is -0.137. The number of aromatic nitrogens is 3. The molecule has 0 aliphatic carbocycles. The average molecular weight is 457 g/mol. The van der Waals surface area contributed by atoms with Crippen LogP contribution in [0.3, 0.4) is 0 Å². The largest absolute Gasteiger partial charge is 0.416 e. The van der Waals surface area contributed by atoms with E-state index in [1.54, 1.807) is 31.3 Å². The first kappa shape index (κ1) is 22.3. The zero-order valence-electron chi connectivity index (χ0n) is 17.8. The van der Waals surface area contributed by atoms with Gasteiger partial charge < -0.3 is 20.4 Å². The molecule has 2 aromatic carbocycles. The van der Waals surface area contributed by atoms with Crippen molar-refractivity contribution in [3.8, 4) is 0 Å². The maximum absolute atomic E-state index is 12.8. The van der Waals surface area contributed by atoms with Gasteiger partial charge in [-0.15, -0.1) is 0 Å². The van der Waals surface area contributed by atoms with Gasteiger partial charge in [-0.25, -0.2) is 9.97 Å². The third kappa shape index (κ3) is 5.30. The predicted molar refractivity (Wildman–Crippen MR) is 119 cm³/mol. The summed E-state index contributed by atoms with van der Waals surface area (Å²) in [6, 6.07) is 12.2. The molecule has 0 unspecified atom stereocenters. The fourth-order valence-corrected chi connectivity index (χ4v) is 3.54. The standard InChI is InChI=1S/C22H22F3N7O/c1-26-19(33)15-3-2-4-17(13-15)29-20-27-14-28-21(30-20)32-11-9-31(10-12-32)18-7-5-16(6-8-18)22(23,24)25/h2-8,13-14H,9-12H2,1H3,(H,26,33)(H,27,28,29,30). The molecule has 3 aromatic rings. The number of nitrogens with one attached hydrogen (secondary N) is 2. The number of rotatable bonds is 5. The Balaban J connectivity index is 1.39. The van der Waals surface area contributed by atoms with Crippen molar-refractivity contribution in [3.63, 3.8) is 0 Å². The molecule has 1 aromatic heterocycles. The minimum atomic E-state index is -4.34. The minimum Gasteiger partial charge on any atom is -0.368 e. The van der Waals surface area contributed by atoms with Crippen LogP contribution < -0.4 is 20.4 Å². The first-order valence-corrected chi connectivity index (χ1v) is 10.3. The second-order valence-electron chi connectivity index (χ2n) is 7.41. The van der Waals surface area contributed by atoms with Crippen LogP contribution in [0, 0.1) is 0 Å². The maximum atomic E-state index is 12.8. The third-order valence-corrected chi connectivity index (χ3v) is 5.29. The van der Waals surface area contributed by atoms with Gasteiger partial charge in [0, 0.05) is 50.2 Å². The van der Waals surface area contributed by atoms with Gasteiger partial charge in [-0.3, -0.25) is 4.79 Å². The molecule has 2 heterocycles. The summed E-state index contributed by atoms with van der Waals surface area (Å²) in [4.78, 5) is 28.7. The van der Waals surface area contributed by atoms with Crippen LogP contribution in [0.15, 0.2) is 54.9 Å². The van der Waals surface area contributed by atoms with Crippen molar-refractivity contribution in [3.05, 3.63) is 66.0 Å². The van der Waals surface area contributed by atoms with E-state index in [1.807, 2.05) is 9.80 Å². The average Bonchev–Trinajstić information content (AvgIpc) is 2.83. The highest BCUT2D eigenvalue weighted by Crippen LogP contribution is 2.30. The molecule has 0 saturated carbocycles. The van der Waals surface area contributed by atoms with Crippen LogP contribution in [0.5, 0.6) is 0 Å². The number of hydrogen-bond donors (Lipinski definition) is 2. The van der Waals surface area contributed by atoms with Crippen molar-refractivity contribution in [2.24, 2.45) is 0 Å². The quantitative estimate of drug-likeness (QED) is 0.608. The molecular formula is C22H22F3N7O. The molecule has 1 amide bonds. The number of benzene rings is 2. The molecule has 1 aliphatic heterocycles. The van der Waals surface area contributed by atoms with Crippen LogP contribution in [0.2, 0.25) is 0 Å². The van der Waals surface area contributed by atoms with E-state index in [0.717, 1.165) is 17.8 Å². The summed E-state index contributed by atoms with van der Waals surface area (Å²) in [5.74, 6) is 0.655. The molecule has 172 valence electrons. The number of piperazine rings is 1. The highest BCUT2D eigenvalue weighted by molar-refractivity contribution is 5.95. The van der Waals surface area contributed by atoms with Gasteiger partial charge in [0.05, 0.1) is 5.56 Å². The second-order valence-corrected chi connectivity index (χ2v) is 7.41. The Kier molecular flexibility index (Phi) is 6.29. The Bertz CT molecular complexity index is 1110. The van der Waals surface area contributed by atoms with Crippen molar-refractivity contribution in [1.29, 1.82) is 0 Å². The highest BCUT2D eigenvalue weighted by Gasteiger charge is 2.30. The molecule has 4 rings (SSSR count). The Morgan fingerprint density at radius 1 is 0.970 bits per heavy atom. The second kappa shape index (κ2) is 9.31. The summed E-state index contributed by atoms with van der Waals surface area (Å²) in [5.41, 5.74) is 1.27. The van der Waals surface area contributed by atoms with Crippen molar-refractivity contribution in [2.75, 3.05) is 48.3 Å². The van der Waals surface area contributed by atoms with Gasteiger partial charge >= 0.3 is 6.18 Å². The van der Waals surface area contributed by atoms with E-state index < -0.39 is 11.7 Å². The van der Waals surface area contributed by atoms with E-state index in [0.29, 0.717) is 49.3 Å². The van der Waals surface area contributed by atoms with Gasteiger partial charge in [0.15, 0.2) is 0 Å². The molecule has 8 nitrogen and oxygen atoms in total. The van der Waals surface area contributed by atoms with Gasteiger partial charge in [0.25, 0.3) is 5.91 Å². The minimum absolute atomic E-state index is 0.194. The van der Waals surface area contributed by atoms with Crippen molar-refractivity contribution in [1.82, 2.24) is 20.3 Å². The third-order valence-electron chi connectivity index (χ3n) is 5.29. The fourth-order valence-electron chi connectivity index (χ4n) is 3.54. The summed E-state index contributed by atoms with van der Waals surface area (Å²) >= 11 is 0. The van der Waals surface area contributed by atoms with Crippen LogP contribution >= 0.6 is 0 Å². The number of anilines is 4.